The lowest BCUT2D eigenvalue weighted by Gasteiger charge is -2.18. The summed E-state index contributed by atoms with van der Waals surface area (Å²) in [5.74, 6) is -1.00. The van der Waals surface area contributed by atoms with Crippen LogP contribution in [0.3, 0.4) is 0 Å². The van der Waals surface area contributed by atoms with Crippen LogP contribution in [-0.4, -0.2) is 30.1 Å². The topological polar surface area (TPSA) is 69.6 Å². The van der Waals surface area contributed by atoms with E-state index in [9.17, 15) is 9.59 Å². The lowest BCUT2D eigenvalue weighted by atomic mass is 10.2. The summed E-state index contributed by atoms with van der Waals surface area (Å²) in [5, 5.41) is 11.4. The standard InChI is InChI=1S/C15H20N2O3/c18-14(7-4-8-15(19)20)16-12-5-3-6-13(11-12)17-9-1-2-10-17/h3,5-6,11H,1-2,4,7-10H2,(H,16,18)(H,19,20). The van der Waals surface area contributed by atoms with E-state index in [4.69, 9.17) is 5.11 Å². The molecule has 0 spiro atoms. The second kappa shape index (κ2) is 6.93. The van der Waals surface area contributed by atoms with Crippen molar-refractivity contribution in [3.05, 3.63) is 24.3 Å². The first-order chi connectivity index (χ1) is 9.65. The zero-order chi connectivity index (χ0) is 14.4. The van der Waals surface area contributed by atoms with Gasteiger partial charge in [-0.2, -0.15) is 0 Å². The first kappa shape index (κ1) is 14.4. The van der Waals surface area contributed by atoms with Gasteiger partial charge in [0, 0.05) is 37.3 Å². The number of carbonyl (C=O) groups is 2. The summed E-state index contributed by atoms with van der Waals surface area (Å²) >= 11 is 0. The molecule has 108 valence electrons. The molecule has 1 aliphatic rings. The van der Waals surface area contributed by atoms with Crippen molar-refractivity contribution in [1.82, 2.24) is 0 Å². The van der Waals surface area contributed by atoms with Crippen LogP contribution < -0.4 is 10.2 Å². The Hall–Kier alpha value is -2.04. The molecule has 0 aromatic heterocycles. The van der Waals surface area contributed by atoms with Crippen LogP contribution in [0.4, 0.5) is 11.4 Å². The van der Waals surface area contributed by atoms with E-state index in [0.717, 1.165) is 24.5 Å². The molecule has 20 heavy (non-hydrogen) atoms. The summed E-state index contributed by atoms with van der Waals surface area (Å²) < 4.78 is 0. The highest BCUT2D eigenvalue weighted by atomic mass is 16.4. The van der Waals surface area contributed by atoms with Crippen molar-refractivity contribution < 1.29 is 14.7 Å². The molecule has 5 nitrogen and oxygen atoms in total. The van der Waals surface area contributed by atoms with Crippen molar-refractivity contribution in [2.75, 3.05) is 23.3 Å². The molecule has 1 fully saturated rings. The molecule has 1 aliphatic heterocycles. The first-order valence-electron chi connectivity index (χ1n) is 7.02. The highest BCUT2D eigenvalue weighted by molar-refractivity contribution is 5.91. The molecular weight excluding hydrogens is 256 g/mol. The van der Waals surface area contributed by atoms with E-state index in [1.807, 2.05) is 24.3 Å². The Morgan fingerprint density at radius 2 is 1.95 bits per heavy atom. The molecule has 0 atom stereocenters. The molecule has 0 saturated carbocycles. The van der Waals surface area contributed by atoms with Crippen LogP contribution in [0.1, 0.15) is 32.1 Å². The second-order valence-corrected chi connectivity index (χ2v) is 5.04. The van der Waals surface area contributed by atoms with Crippen LogP contribution >= 0.6 is 0 Å². The molecule has 0 aliphatic carbocycles. The number of anilines is 2. The van der Waals surface area contributed by atoms with E-state index in [1.54, 1.807) is 0 Å². The van der Waals surface area contributed by atoms with Crippen LogP contribution in [0.25, 0.3) is 0 Å². The third-order valence-corrected chi connectivity index (χ3v) is 3.40. The number of rotatable bonds is 6. The van der Waals surface area contributed by atoms with Crippen molar-refractivity contribution in [3.8, 4) is 0 Å². The smallest absolute Gasteiger partial charge is 0.303 e. The third-order valence-electron chi connectivity index (χ3n) is 3.40. The lowest BCUT2D eigenvalue weighted by Crippen LogP contribution is -2.18. The number of hydrogen-bond donors (Lipinski definition) is 2. The van der Waals surface area contributed by atoms with Crippen LogP contribution in [-0.2, 0) is 9.59 Å². The van der Waals surface area contributed by atoms with Crippen LogP contribution in [0.15, 0.2) is 24.3 Å². The maximum atomic E-state index is 11.7. The zero-order valence-corrected chi connectivity index (χ0v) is 11.5. The summed E-state index contributed by atoms with van der Waals surface area (Å²) in [5.41, 5.74) is 1.90. The van der Waals surface area contributed by atoms with E-state index in [1.165, 1.54) is 12.8 Å². The number of amides is 1. The molecule has 0 bridgehead atoms. The summed E-state index contributed by atoms with van der Waals surface area (Å²) in [6, 6.07) is 7.81. The molecule has 1 aromatic carbocycles. The number of aliphatic carboxylic acids is 1. The van der Waals surface area contributed by atoms with Crippen LogP contribution in [0.2, 0.25) is 0 Å². The molecule has 2 rings (SSSR count). The summed E-state index contributed by atoms with van der Waals surface area (Å²) in [4.78, 5) is 24.4. The van der Waals surface area contributed by atoms with Crippen molar-refractivity contribution in [2.24, 2.45) is 0 Å². The average Bonchev–Trinajstić information content (AvgIpc) is 2.92. The van der Waals surface area contributed by atoms with E-state index in [2.05, 4.69) is 10.2 Å². The fourth-order valence-electron chi connectivity index (χ4n) is 2.38. The highest BCUT2D eigenvalue weighted by Gasteiger charge is 2.12. The Kier molecular flexibility index (Phi) is 4.98. The van der Waals surface area contributed by atoms with Gasteiger partial charge in [-0.25, -0.2) is 0 Å². The molecule has 0 unspecified atom stereocenters. The molecule has 1 saturated heterocycles. The quantitative estimate of drug-likeness (QED) is 0.837. The predicted octanol–water partition coefficient (Wildman–Crippen LogP) is 2.48. The Morgan fingerprint density at radius 1 is 1.20 bits per heavy atom. The van der Waals surface area contributed by atoms with E-state index >= 15 is 0 Å². The van der Waals surface area contributed by atoms with Crippen LogP contribution in [0.5, 0.6) is 0 Å². The summed E-state index contributed by atoms with van der Waals surface area (Å²) in [6.45, 7) is 2.13. The van der Waals surface area contributed by atoms with Gasteiger partial charge in [-0.05, 0) is 37.5 Å². The predicted molar refractivity (Wildman–Crippen MR) is 78.0 cm³/mol. The summed E-state index contributed by atoms with van der Waals surface area (Å²) in [7, 11) is 0. The summed E-state index contributed by atoms with van der Waals surface area (Å²) in [6.07, 6.45) is 3.06. The van der Waals surface area contributed by atoms with Crippen LogP contribution in [0, 0.1) is 0 Å². The molecule has 2 N–H and O–H groups in total. The lowest BCUT2D eigenvalue weighted by molar-refractivity contribution is -0.137. The second-order valence-electron chi connectivity index (χ2n) is 5.04. The normalized spacial score (nSPS) is 14.3. The first-order valence-corrected chi connectivity index (χ1v) is 7.02. The average molecular weight is 276 g/mol. The number of nitrogens with zero attached hydrogens (tertiary/aromatic N) is 1. The molecule has 0 radical (unpaired) electrons. The Labute approximate surface area is 118 Å². The van der Waals surface area contributed by atoms with Gasteiger partial charge in [0.15, 0.2) is 0 Å². The van der Waals surface area contributed by atoms with Gasteiger partial charge in [-0.15, -0.1) is 0 Å². The van der Waals surface area contributed by atoms with Crippen molar-refractivity contribution in [1.29, 1.82) is 0 Å². The maximum absolute atomic E-state index is 11.7. The monoisotopic (exact) mass is 276 g/mol. The van der Waals surface area contributed by atoms with E-state index < -0.39 is 5.97 Å². The van der Waals surface area contributed by atoms with Gasteiger partial charge in [0.2, 0.25) is 5.91 Å². The zero-order valence-electron chi connectivity index (χ0n) is 11.5. The Bertz CT molecular complexity index is 482. The number of carbonyl (C=O) groups excluding carboxylic acids is 1. The number of nitrogens with one attached hydrogen (secondary N) is 1. The SMILES string of the molecule is O=C(O)CCCC(=O)Nc1cccc(N2CCCC2)c1. The minimum Gasteiger partial charge on any atom is -0.481 e. The Balaban J connectivity index is 1.87. The van der Waals surface area contributed by atoms with Crippen molar-refractivity contribution in [3.63, 3.8) is 0 Å². The molecule has 1 aromatic rings. The largest absolute Gasteiger partial charge is 0.481 e. The molecule has 1 amide bonds. The van der Waals surface area contributed by atoms with E-state index in [-0.39, 0.29) is 18.7 Å². The van der Waals surface area contributed by atoms with Gasteiger partial charge in [-0.1, -0.05) is 6.07 Å². The fourth-order valence-corrected chi connectivity index (χ4v) is 2.38. The van der Waals surface area contributed by atoms with Gasteiger partial charge >= 0.3 is 5.97 Å². The number of hydrogen-bond acceptors (Lipinski definition) is 3. The van der Waals surface area contributed by atoms with Crippen molar-refractivity contribution in [2.45, 2.75) is 32.1 Å². The molecule has 1 heterocycles. The number of carboxylic acid groups (broad SMARTS) is 1. The fraction of sp³-hybridized carbons (Fsp3) is 0.467. The van der Waals surface area contributed by atoms with Gasteiger partial charge in [0.05, 0.1) is 0 Å². The van der Waals surface area contributed by atoms with Gasteiger partial charge in [0.1, 0.15) is 0 Å². The minimum atomic E-state index is -0.867. The minimum absolute atomic E-state index is 0.0290. The third kappa shape index (κ3) is 4.26. The number of carboxylic acids is 1. The maximum Gasteiger partial charge on any atom is 0.303 e. The highest BCUT2D eigenvalue weighted by Crippen LogP contribution is 2.23. The van der Waals surface area contributed by atoms with Gasteiger partial charge < -0.3 is 15.3 Å². The molecular formula is C15H20N2O3. The van der Waals surface area contributed by atoms with Gasteiger partial charge in [0.25, 0.3) is 0 Å². The van der Waals surface area contributed by atoms with Crippen molar-refractivity contribution >= 4 is 23.3 Å². The molecule has 5 heteroatoms. The Morgan fingerprint density at radius 3 is 2.65 bits per heavy atom. The number of benzene rings is 1. The van der Waals surface area contributed by atoms with Gasteiger partial charge in [-0.3, -0.25) is 9.59 Å². The van der Waals surface area contributed by atoms with E-state index in [0.29, 0.717) is 6.42 Å².